The number of carbonyl (C=O) groups excluding carboxylic acids is 1. The summed E-state index contributed by atoms with van der Waals surface area (Å²) in [5.74, 6) is 0.636. The Morgan fingerprint density at radius 1 is 1.27 bits per heavy atom. The van der Waals surface area contributed by atoms with Crippen LogP contribution in [0.2, 0.25) is 0 Å². The average molecular weight is 343 g/mol. The van der Waals surface area contributed by atoms with E-state index in [0.717, 1.165) is 30.9 Å². The first-order chi connectivity index (χ1) is 10.1. The van der Waals surface area contributed by atoms with Gasteiger partial charge in [-0.15, -0.1) is 12.4 Å². The summed E-state index contributed by atoms with van der Waals surface area (Å²) >= 11 is 1.44. The number of aryl methyl sites for hydroxylation is 2. The molecule has 122 valence electrons. The molecule has 3 heterocycles. The summed E-state index contributed by atoms with van der Waals surface area (Å²) in [5, 5.41) is 4.30. The lowest BCUT2D eigenvalue weighted by Gasteiger charge is -2.24. The molecule has 2 unspecified atom stereocenters. The number of nitrogens with one attached hydrogen (secondary N) is 1. The van der Waals surface area contributed by atoms with Crippen molar-refractivity contribution in [3.8, 4) is 0 Å². The van der Waals surface area contributed by atoms with Gasteiger partial charge in [0.05, 0.1) is 5.75 Å². The molecule has 1 N–H and O–H groups in total. The van der Waals surface area contributed by atoms with E-state index in [4.69, 9.17) is 0 Å². The number of carbonyl (C=O) groups is 1. The number of thioether (sulfide) groups is 1. The molecule has 2 bridgehead atoms. The molecule has 0 radical (unpaired) electrons. The van der Waals surface area contributed by atoms with Crippen LogP contribution >= 0.6 is 24.2 Å². The Bertz CT molecular complexity index is 522. The van der Waals surface area contributed by atoms with Gasteiger partial charge < -0.3 is 10.2 Å². The first kappa shape index (κ1) is 17.5. The molecule has 0 saturated carbocycles. The maximum atomic E-state index is 12.4. The summed E-state index contributed by atoms with van der Waals surface area (Å²) in [4.78, 5) is 23.2. The van der Waals surface area contributed by atoms with Crippen LogP contribution in [0.25, 0.3) is 0 Å². The lowest BCUT2D eigenvalue weighted by molar-refractivity contribution is -0.128. The minimum absolute atomic E-state index is 0. The molecule has 1 aromatic heterocycles. The van der Waals surface area contributed by atoms with Crippen LogP contribution in [0.3, 0.4) is 0 Å². The molecule has 3 rings (SSSR count). The van der Waals surface area contributed by atoms with Crippen molar-refractivity contribution < 1.29 is 4.79 Å². The van der Waals surface area contributed by atoms with Crippen LogP contribution in [0.15, 0.2) is 11.2 Å². The van der Waals surface area contributed by atoms with E-state index >= 15 is 0 Å². The van der Waals surface area contributed by atoms with Gasteiger partial charge >= 0.3 is 0 Å². The minimum atomic E-state index is 0. The third-order valence-electron chi connectivity index (χ3n) is 4.16. The van der Waals surface area contributed by atoms with Crippen molar-refractivity contribution in [2.45, 2.75) is 50.4 Å². The van der Waals surface area contributed by atoms with Gasteiger partial charge in [-0.3, -0.25) is 4.79 Å². The maximum Gasteiger partial charge on any atom is 0.233 e. The largest absolute Gasteiger partial charge is 0.340 e. The van der Waals surface area contributed by atoms with E-state index in [9.17, 15) is 4.79 Å². The number of fused-ring (bicyclic) bond motifs is 2. The van der Waals surface area contributed by atoms with Gasteiger partial charge in [-0.25, -0.2) is 9.97 Å². The zero-order valence-corrected chi connectivity index (χ0v) is 14.7. The van der Waals surface area contributed by atoms with Gasteiger partial charge in [-0.1, -0.05) is 11.8 Å². The Morgan fingerprint density at radius 3 is 2.68 bits per heavy atom. The highest BCUT2D eigenvalue weighted by Gasteiger charge is 2.30. The number of halogens is 1. The molecular formula is C15H23ClN4OS. The number of amides is 1. The molecule has 7 heteroatoms. The maximum absolute atomic E-state index is 12.4. The van der Waals surface area contributed by atoms with Crippen molar-refractivity contribution in [2.75, 3.05) is 18.8 Å². The summed E-state index contributed by atoms with van der Waals surface area (Å²) in [5.41, 5.74) is 1.91. The highest BCUT2D eigenvalue weighted by Crippen LogP contribution is 2.21. The Kier molecular flexibility index (Phi) is 6.06. The Labute approximate surface area is 142 Å². The van der Waals surface area contributed by atoms with E-state index in [1.54, 1.807) is 0 Å². The predicted molar refractivity (Wildman–Crippen MR) is 90.6 cm³/mol. The van der Waals surface area contributed by atoms with Crippen LogP contribution in [0.5, 0.6) is 0 Å². The van der Waals surface area contributed by atoms with E-state index in [0.29, 0.717) is 23.0 Å². The fraction of sp³-hybridized carbons (Fsp3) is 0.667. The van der Waals surface area contributed by atoms with Crippen molar-refractivity contribution in [1.29, 1.82) is 0 Å². The van der Waals surface area contributed by atoms with E-state index in [-0.39, 0.29) is 18.3 Å². The molecule has 1 amide bonds. The normalized spacial score (nSPS) is 23.8. The summed E-state index contributed by atoms with van der Waals surface area (Å²) in [6.07, 6.45) is 3.53. The molecule has 2 aliphatic rings. The highest BCUT2D eigenvalue weighted by atomic mass is 35.5. The lowest BCUT2D eigenvalue weighted by atomic mass is 10.1. The Hall–Kier alpha value is -0.850. The second-order valence-corrected chi connectivity index (χ2v) is 6.93. The molecule has 2 fully saturated rings. The van der Waals surface area contributed by atoms with E-state index in [2.05, 4.69) is 15.3 Å². The second-order valence-electron chi connectivity index (χ2n) is 5.99. The lowest BCUT2D eigenvalue weighted by Crippen LogP contribution is -2.39. The molecule has 0 spiro atoms. The van der Waals surface area contributed by atoms with Gasteiger partial charge in [-0.2, -0.15) is 0 Å². The van der Waals surface area contributed by atoms with Gasteiger partial charge in [0, 0.05) is 36.6 Å². The number of hydrogen-bond donors (Lipinski definition) is 1. The quantitative estimate of drug-likeness (QED) is 0.672. The fourth-order valence-corrected chi connectivity index (χ4v) is 4.00. The molecule has 2 saturated heterocycles. The van der Waals surface area contributed by atoms with Crippen molar-refractivity contribution >= 4 is 30.1 Å². The SMILES string of the molecule is Cc1cc(C)nc(SCC(=O)N2CCC3CCC(C2)N3)n1.Cl. The topological polar surface area (TPSA) is 58.1 Å². The number of aromatic nitrogens is 2. The van der Waals surface area contributed by atoms with Gasteiger partial charge in [0.2, 0.25) is 5.91 Å². The van der Waals surface area contributed by atoms with Gasteiger partial charge in [0.25, 0.3) is 0 Å². The van der Waals surface area contributed by atoms with E-state index in [1.165, 1.54) is 24.6 Å². The zero-order valence-electron chi connectivity index (χ0n) is 13.0. The van der Waals surface area contributed by atoms with Gasteiger partial charge in [-0.05, 0) is 39.2 Å². The summed E-state index contributed by atoms with van der Waals surface area (Å²) in [6.45, 7) is 5.64. The van der Waals surface area contributed by atoms with E-state index < -0.39 is 0 Å². The van der Waals surface area contributed by atoms with Crippen molar-refractivity contribution in [3.05, 3.63) is 17.5 Å². The molecule has 2 atom stereocenters. The number of rotatable bonds is 3. The monoisotopic (exact) mass is 342 g/mol. The standard InChI is InChI=1S/C15H22N4OS.ClH/c1-10-7-11(2)17-15(16-10)21-9-14(20)19-6-5-12-3-4-13(8-19)18-12;/h7,12-13,18H,3-6,8-9H2,1-2H3;1H. The molecule has 22 heavy (non-hydrogen) atoms. The summed E-state index contributed by atoms with van der Waals surface area (Å²) < 4.78 is 0. The second kappa shape index (κ2) is 7.62. The summed E-state index contributed by atoms with van der Waals surface area (Å²) in [6, 6.07) is 3.05. The van der Waals surface area contributed by atoms with Crippen LogP contribution in [-0.2, 0) is 4.79 Å². The molecule has 0 aliphatic carbocycles. The van der Waals surface area contributed by atoms with E-state index in [1.807, 2.05) is 24.8 Å². The van der Waals surface area contributed by atoms with Crippen LogP contribution in [-0.4, -0.2) is 51.7 Å². The molecule has 2 aliphatic heterocycles. The fourth-order valence-electron chi connectivity index (χ4n) is 3.15. The van der Waals surface area contributed by atoms with Crippen LogP contribution < -0.4 is 5.32 Å². The third-order valence-corrected chi connectivity index (χ3v) is 4.99. The molecule has 1 aromatic rings. The Morgan fingerprint density at radius 2 is 1.95 bits per heavy atom. The zero-order chi connectivity index (χ0) is 14.8. The Balaban J connectivity index is 0.00000176. The van der Waals surface area contributed by atoms with Crippen molar-refractivity contribution in [3.63, 3.8) is 0 Å². The molecular weight excluding hydrogens is 320 g/mol. The molecule has 5 nitrogen and oxygen atoms in total. The first-order valence-corrected chi connectivity index (χ1v) is 8.57. The van der Waals surface area contributed by atoms with Crippen LogP contribution in [0, 0.1) is 13.8 Å². The smallest absolute Gasteiger partial charge is 0.233 e. The third kappa shape index (κ3) is 4.33. The highest BCUT2D eigenvalue weighted by molar-refractivity contribution is 7.99. The van der Waals surface area contributed by atoms with Gasteiger partial charge in [0.15, 0.2) is 5.16 Å². The van der Waals surface area contributed by atoms with Crippen molar-refractivity contribution in [2.24, 2.45) is 0 Å². The van der Waals surface area contributed by atoms with Crippen molar-refractivity contribution in [1.82, 2.24) is 20.2 Å². The number of nitrogens with zero attached hydrogens (tertiary/aromatic N) is 3. The first-order valence-electron chi connectivity index (χ1n) is 7.59. The average Bonchev–Trinajstić information content (AvgIpc) is 2.74. The van der Waals surface area contributed by atoms with Crippen LogP contribution in [0.1, 0.15) is 30.7 Å². The summed E-state index contributed by atoms with van der Waals surface area (Å²) in [7, 11) is 0. The number of hydrogen-bond acceptors (Lipinski definition) is 5. The predicted octanol–water partition coefficient (Wildman–Crippen LogP) is 1.96. The van der Waals surface area contributed by atoms with Crippen LogP contribution in [0.4, 0.5) is 0 Å². The number of likely N-dealkylation sites (tertiary alicyclic amines) is 1. The molecule has 0 aromatic carbocycles. The van der Waals surface area contributed by atoms with Gasteiger partial charge in [0.1, 0.15) is 0 Å². The minimum Gasteiger partial charge on any atom is -0.340 e.